The summed E-state index contributed by atoms with van der Waals surface area (Å²) < 4.78 is 26.9. The van der Waals surface area contributed by atoms with Crippen LogP contribution in [-0.2, 0) is 19.3 Å². The van der Waals surface area contributed by atoms with Crippen molar-refractivity contribution in [1.82, 2.24) is 0 Å². The largest absolute Gasteiger partial charge is 0.485 e. The number of rotatable bonds is 2. The summed E-state index contributed by atoms with van der Waals surface area (Å²) in [6.45, 7) is 7.48. The van der Waals surface area contributed by atoms with E-state index < -0.39 is 0 Å². The molecule has 6 rings (SSSR count). The molecular formula is C28H28FNO2. The van der Waals surface area contributed by atoms with Gasteiger partial charge >= 0.3 is 0 Å². The molecule has 3 nitrogen and oxygen atoms in total. The van der Waals surface area contributed by atoms with Gasteiger partial charge < -0.3 is 14.4 Å². The van der Waals surface area contributed by atoms with Crippen molar-refractivity contribution >= 4 is 5.69 Å². The summed E-state index contributed by atoms with van der Waals surface area (Å²) in [6, 6.07) is 12.1. The molecule has 0 N–H and O–H groups in total. The number of likely N-dealkylation sites (N-methyl/N-ethyl adjacent to an activating group) is 1. The van der Waals surface area contributed by atoms with Crippen molar-refractivity contribution in [2.75, 3.05) is 18.5 Å². The summed E-state index contributed by atoms with van der Waals surface area (Å²) in [5.41, 5.74) is 11.1. The predicted octanol–water partition coefficient (Wildman–Crippen LogP) is 6.10. The minimum absolute atomic E-state index is 0.0385. The molecule has 3 aromatic carbocycles. The lowest BCUT2D eigenvalue weighted by molar-refractivity contribution is 0.224. The van der Waals surface area contributed by atoms with Crippen LogP contribution >= 0.6 is 0 Å². The molecule has 0 spiro atoms. The Morgan fingerprint density at radius 2 is 1.69 bits per heavy atom. The predicted molar refractivity (Wildman–Crippen MR) is 125 cm³/mol. The molecule has 32 heavy (non-hydrogen) atoms. The zero-order valence-corrected chi connectivity index (χ0v) is 19.1. The second-order valence-electron chi connectivity index (χ2n) is 9.56. The highest BCUT2D eigenvalue weighted by atomic mass is 19.1. The van der Waals surface area contributed by atoms with Gasteiger partial charge in [-0.15, -0.1) is 0 Å². The number of hydrogen-bond acceptors (Lipinski definition) is 3. The molecule has 0 aromatic heterocycles. The van der Waals surface area contributed by atoms with E-state index >= 15 is 0 Å². The quantitative estimate of drug-likeness (QED) is 0.492. The summed E-state index contributed by atoms with van der Waals surface area (Å²) in [4.78, 5) is 2.33. The Bertz CT molecular complexity index is 1230. The van der Waals surface area contributed by atoms with Crippen molar-refractivity contribution in [3.63, 3.8) is 0 Å². The van der Waals surface area contributed by atoms with Gasteiger partial charge in [-0.25, -0.2) is 4.39 Å². The maximum absolute atomic E-state index is 14.3. The number of benzene rings is 3. The minimum atomic E-state index is -0.278. The number of hydrogen-bond donors (Lipinski definition) is 0. The molecule has 0 saturated carbocycles. The summed E-state index contributed by atoms with van der Waals surface area (Å²) in [5.74, 6) is 1.07. The first-order valence-electron chi connectivity index (χ1n) is 11.5. The summed E-state index contributed by atoms with van der Waals surface area (Å²) >= 11 is 0. The number of nitrogens with zero attached hydrogens (tertiary/aromatic N) is 1. The van der Waals surface area contributed by atoms with E-state index in [1.807, 2.05) is 13.0 Å². The fourth-order valence-electron chi connectivity index (χ4n) is 5.73. The minimum Gasteiger partial charge on any atom is -0.485 e. The molecule has 2 unspecified atom stereocenters. The van der Waals surface area contributed by atoms with Crippen LogP contribution < -0.4 is 14.4 Å². The topological polar surface area (TPSA) is 21.7 Å². The van der Waals surface area contributed by atoms with Crippen molar-refractivity contribution in [3.05, 3.63) is 86.7 Å². The normalized spacial score (nSPS) is 20.6. The number of ether oxygens (including phenoxy) is 2. The highest BCUT2D eigenvalue weighted by molar-refractivity contribution is 5.63. The molecule has 3 aliphatic rings. The van der Waals surface area contributed by atoms with Gasteiger partial charge in [0, 0.05) is 43.2 Å². The van der Waals surface area contributed by atoms with Crippen LogP contribution in [0, 0.1) is 26.6 Å². The van der Waals surface area contributed by atoms with E-state index in [2.05, 4.69) is 50.1 Å². The molecule has 3 heterocycles. The Kier molecular flexibility index (Phi) is 4.30. The van der Waals surface area contributed by atoms with Gasteiger partial charge in [0.25, 0.3) is 0 Å². The van der Waals surface area contributed by atoms with Gasteiger partial charge in [0.05, 0.1) is 0 Å². The van der Waals surface area contributed by atoms with E-state index in [1.165, 1.54) is 39.6 Å². The Morgan fingerprint density at radius 1 is 0.875 bits per heavy atom. The first-order valence-corrected chi connectivity index (χ1v) is 11.5. The van der Waals surface area contributed by atoms with Gasteiger partial charge in [-0.05, 0) is 78.8 Å². The van der Waals surface area contributed by atoms with Crippen LogP contribution in [0.3, 0.4) is 0 Å². The average molecular weight is 430 g/mol. The lowest BCUT2D eigenvalue weighted by Crippen LogP contribution is -2.12. The molecule has 164 valence electrons. The van der Waals surface area contributed by atoms with Crippen molar-refractivity contribution in [2.45, 2.75) is 52.2 Å². The van der Waals surface area contributed by atoms with Gasteiger partial charge in [-0.2, -0.15) is 0 Å². The van der Waals surface area contributed by atoms with Crippen molar-refractivity contribution in [1.29, 1.82) is 0 Å². The molecular weight excluding hydrogens is 401 g/mol. The highest BCUT2D eigenvalue weighted by Crippen LogP contribution is 2.46. The molecule has 0 radical (unpaired) electrons. The molecule has 4 heteroatoms. The molecule has 0 saturated heterocycles. The number of aryl methyl sites for hydroxylation is 2. The van der Waals surface area contributed by atoms with Crippen LogP contribution in [0.2, 0.25) is 0 Å². The fourth-order valence-corrected chi connectivity index (χ4v) is 5.73. The Labute approximate surface area is 188 Å². The molecule has 2 atom stereocenters. The third-order valence-corrected chi connectivity index (χ3v) is 7.65. The Balaban J connectivity index is 1.30. The second-order valence-corrected chi connectivity index (χ2v) is 9.56. The maximum atomic E-state index is 14.3. The van der Waals surface area contributed by atoms with Crippen LogP contribution in [0.5, 0.6) is 11.5 Å². The lowest BCUT2D eigenvalue weighted by Gasteiger charge is -2.18. The van der Waals surface area contributed by atoms with Gasteiger partial charge in [-0.1, -0.05) is 18.2 Å². The SMILES string of the molecule is Cc1cc(C2Cc3c(C)ccc(F)c3O2)cc2c1CC(c1ccc3c(c1C)CCN3C)O2. The van der Waals surface area contributed by atoms with Crippen molar-refractivity contribution in [3.8, 4) is 11.5 Å². The maximum Gasteiger partial charge on any atom is 0.165 e. The Hall–Kier alpha value is -3.01. The molecule has 0 fully saturated rings. The second kappa shape index (κ2) is 6.99. The van der Waals surface area contributed by atoms with E-state index in [0.717, 1.165) is 41.8 Å². The number of halogens is 1. The zero-order chi connectivity index (χ0) is 22.1. The van der Waals surface area contributed by atoms with Crippen LogP contribution in [0.25, 0.3) is 0 Å². The van der Waals surface area contributed by atoms with Gasteiger partial charge in [-0.3, -0.25) is 0 Å². The van der Waals surface area contributed by atoms with Crippen molar-refractivity contribution in [2.24, 2.45) is 0 Å². The summed E-state index contributed by atoms with van der Waals surface area (Å²) in [7, 11) is 2.16. The first-order chi connectivity index (χ1) is 15.4. The van der Waals surface area contributed by atoms with E-state index in [0.29, 0.717) is 12.2 Å². The van der Waals surface area contributed by atoms with Gasteiger partial charge in [0.15, 0.2) is 11.6 Å². The highest BCUT2D eigenvalue weighted by Gasteiger charge is 2.33. The third kappa shape index (κ3) is 2.85. The van der Waals surface area contributed by atoms with Gasteiger partial charge in [0.1, 0.15) is 18.0 Å². The average Bonchev–Trinajstić information content (AvgIpc) is 3.49. The lowest BCUT2D eigenvalue weighted by atomic mass is 9.92. The monoisotopic (exact) mass is 429 g/mol. The molecule has 0 amide bonds. The molecule has 0 bridgehead atoms. The van der Waals surface area contributed by atoms with Crippen LogP contribution in [0.1, 0.15) is 56.7 Å². The molecule has 3 aliphatic heterocycles. The van der Waals surface area contributed by atoms with Gasteiger partial charge in [0.2, 0.25) is 0 Å². The van der Waals surface area contributed by atoms with Crippen LogP contribution in [0.15, 0.2) is 36.4 Å². The zero-order valence-electron chi connectivity index (χ0n) is 19.1. The van der Waals surface area contributed by atoms with E-state index in [-0.39, 0.29) is 18.0 Å². The number of anilines is 1. The van der Waals surface area contributed by atoms with E-state index in [1.54, 1.807) is 0 Å². The molecule has 0 aliphatic carbocycles. The smallest absolute Gasteiger partial charge is 0.165 e. The standard InChI is InChI=1S/C28H28FNO2/c1-15-5-7-23(29)28-22(15)14-25(32-28)18-11-16(2)21-13-27(31-26(21)12-18)20-6-8-24-19(17(20)3)9-10-30(24)4/h5-8,11-12,25,27H,9-10,13-14H2,1-4H3. The fraction of sp³-hybridized carbons (Fsp3) is 0.357. The summed E-state index contributed by atoms with van der Waals surface area (Å²) in [5, 5.41) is 0. The third-order valence-electron chi connectivity index (χ3n) is 7.65. The number of fused-ring (bicyclic) bond motifs is 3. The van der Waals surface area contributed by atoms with E-state index in [4.69, 9.17) is 9.47 Å². The van der Waals surface area contributed by atoms with E-state index in [9.17, 15) is 4.39 Å². The first kappa shape index (κ1) is 19.7. The summed E-state index contributed by atoms with van der Waals surface area (Å²) in [6.07, 6.45) is 2.54. The van der Waals surface area contributed by atoms with Crippen LogP contribution in [-0.4, -0.2) is 13.6 Å². The Morgan fingerprint density at radius 3 is 2.50 bits per heavy atom. The van der Waals surface area contributed by atoms with Crippen molar-refractivity contribution < 1.29 is 13.9 Å². The molecule has 3 aromatic rings. The van der Waals surface area contributed by atoms with Crippen LogP contribution in [0.4, 0.5) is 10.1 Å².